The topological polar surface area (TPSA) is 40.5 Å². The summed E-state index contributed by atoms with van der Waals surface area (Å²) in [5.74, 6) is 1.58. The number of aromatic nitrogens is 1. The number of ether oxygens (including phenoxy) is 2. The lowest BCUT2D eigenvalue weighted by atomic mass is 10.1. The molecule has 0 aliphatic rings. The van der Waals surface area contributed by atoms with E-state index in [1.54, 1.807) is 17.7 Å². The van der Waals surface area contributed by atoms with Crippen LogP contribution < -0.4 is 15.0 Å². The third-order valence-corrected chi connectivity index (χ3v) is 4.30. The summed E-state index contributed by atoms with van der Waals surface area (Å²) in [4.78, 5) is 12.5. The van der Waals surface area contributed by atoms with Crippen molar-refractivity contribution in [1.29, 1.82) is 0 Å². The first-order valence-electron chi connectivity index (χ1n) is 8.47. The molecule has 0 radical (unpaired) electrons. The lowest BCUT2D eigenvalue weighted by molar-refractivity contribution is 0.301. The van der Waals surface area contributed by atoms with Crippen LogP contribution >= 0.6 is 0 Å². The van der Waals surface area contributed by atoms with Crippen LogP contribution in [-0.4, -0.2) is 18.3 Å². The lowest BCUT2D eigenvalue weighted by Gasteiger charge is -2.15. The Morgan fingerprint density at radius 1 is 1.04 bits per heavy atom. The minimum Gasteiger partial charge on any atom is -0.495 e. The quantitative estimate of drug-likeness (QED) is 0.636. The van der Waals surface area contributed by atoms with Gasteiger partial charge in [0.25, 0.3) is 5.56 Å². The van der Waals surface area contributed by atoms with E-state index in [0.29, 0.717) is 13.2 Å². The molecule has 0 fully saturated rings. The molecule has 1 heterocycles. The molecule has 3 rings (SSSR count). The Balaban J connectivity index is 1.80. The van der Waals surface area contributed by atoms with Crippen LogP contribution in [0.2, 0.25) is 0 Å². The first-order valence-corrected chi connectivity index (χ1v) is 8.47. The fourth-order valence-electron chi connectivity index (χ4n) is 3.07. The summed E-state index contributed by atoms with van der Waals surface area (Å²) < 4.78 is 13.0. The number of benzene rings is 2. The van der Waals surface area contributed by atoms with Gasteiger partial charge in [-0.3, -0.25) is 4.79 Å². The highest BCUT2D eigenvalue weighted by Crippen LogP contribution is 2.26. The predicted octanol–water partition coefficient (Wildman–Crippen LogP) is 4.10. The average molecular weight is 337 g/mol. The molecular weight excluding hydrogens is 314 g/mol. The Kier molecular flexibility index (Phi) is 5.08. The zero-order chi connectivity index (χ0) is 17.8. The van der Waals surface area contributed by atoms with Crippen molar-refractivity contribution < 1.29 is 9.47 Å². The van der Waals surface area contributed by atoms with Crippen LogP contribution in [0.25, 0.3) is 10.9 Å². The van der Waals surface area contributed by atoms with Crippen molar-refractivity contribution in [3.8, 4) is 11.5 Å². The van der Waals surface area contributed by atoms with Gasteiger partial charge < -0.3 is 14.0 Å². The van der Waals surface area contributed by atoms with Gasteiger partial charge in [0.2, 0.25) is 0 Å². The monoisotopic (exact) mass is 337 g/mol. The molecule has 0 spiro atoms. The Bertz CT molecular complexity index is 944. The van der Waals surface area contributed by atoms with Gasteiger partial charge in [-0.15, -0.1) is 0 Å². The van der Waals surface area contributed by atoms with Crippen molar-refractivity contribution in [1.82, 2.24) is 4.57 Å². The van der Waals surface area contributed by atoms with E-state index in [2.05, 4.69) is 0 Å². The van der Waals surface area contributed by atoms with Crippen molar-refractivity contribution >= 4 is 10.9 Å². The number of rotatable bonds is 6. The molecule has 0 aliphatic carbocycles. The lowest BCUT2D eigenvalue weighted by Crippen LogP contribution is -2.22. The third kappa shape index (κ3) is 3.68. The van der Waals surface area contributed by atoms with Crippen LogP contribution in [0.1, 0.15) is 17.5 Å². The summed E-state index contributed by atoms with van der Waals surface area (Å²) in [6, 6.07) is 15.5. The van der Waals surface area contributed by atoms with E-state index in [4.69, 9.17) is 9.47 Å². The van der Waals surface area contributed by atoms with Gasteiger partial charge >= 0.3 is 0 Å². The normalized spacial score (nSPS) is 10.8. The number of hydrogen-bond donors (Lipinski definition) is 0. The Morgan fingerprint density at radius 3 is 2.60 bits per heavy atom. The molecule has 4 heteroatoms. The van der Waals surface area contributed by atoms with Crippen LogP contribution in [0.4, 0.5) is 0 Å². The minimum absolute atomic E-state index is 0.00921. The van der Waals surface area contributed by atoms with Crippen LogP contribution in [0.15, 0.2) is 53.3 Å². The molecule has 130 valence electrons. The summed E-state index contributed by atoms with van der Waals surface area (Å²) in [5.41, 5.74) is 2.98. The van der Waals surface area contributed by atoms with E-state index in [0.717, 1.165) is 34.4 Å². The van der Waals surface area contributed by atoms with Crippen LogP contribution in [0, 0.1) is 13.8 Å². The smallest absolute Gasteiger partial charge is 0.251 e. The van der Waals surface area contributed by atoms with Gasteiger partial charge in [0.15, 0.2) is 0 Å². The number of hydrogen-bond acceptors (Lipinski definition) is 3. The van der Waals surface area contributed by atoms with Gasteiger partial charge in [-0.2, -0.15) is 0 Å². The second-order valence-corrected chi connectivity index (χ2v) is 6.19. The van der Waals surface area contributed by atoms with Crippen LogP contribution in [0.3, 0.4) is 0 Å². The molecule has 0 unspecified atom stereocenters. The molecule has 0 saturated heterocycles. The number of methoxy groups -OCH3 is 1. The number of aryl methyl sites for hydroxylation is 3. The highest BCUT2D eigenvalue weighted by molar-refractivity contribution is 5.87. The van der Waals surface area contributed by atoms with Crippen molar-refractivity contribution in [2.75, 3.05) is 13.7 Å². The second-order valence-electron chi connectivity index (χ2n) is 6.19. The maximum Gasteiger partial charge on any atom is 0.251 e. The first-order chi connectivity index (χ1) is 12.1. The highest BCUT2D eigenvalue weighted by atomic mass is 16.5. The van der Waals surface area contributed by atoms with Crippen molar-refractivity contribution in [2.45, 2.75) is 26.8 Å². The molecule has 0 amide bonds. The number of nitrogens with zero attached hydrogens (tertiary/aromatic N) is 1. The molecular formula is C21H23NO3. The van der Waals surface area contributed by atoms with Crippen LogP contribution in [-0.2, 0) is 6.54 Å². The number of fused-ring (bicyclic) bond motifs is 1. The van der Waals surface area contributed by atoms with Crippen molar-refractivity contribution in [3.63, 3.8) is 0 Å². The van der Waals surface area contributed by atoms with E-state index in [9.17, 15) is 4.79 Å². The minimum atomic E-state index is -0.00921. The van der Waals surface area contributed by atoms with Crippen molar-refractivity contribution in [2.24, 2.45) is 0 Å². The first kappa shape index (κ1) is 17.1. The zero-order valence-corrected chi connectivity index (χ0v) is 14.9. The fraction of sp³-hybridized carbons (Fsp3) is 0.286. The van der Waals surface area contributed by atoms with Gasteiger partial charge in [-0.1, -0.05) is 24.3 Å². The molecule has 0 N–H and O–H groups in total. The van der Waals surface area contributed by atoms with Crippen LogP contribution in [0.5, 0.6) is 11.5 Å². The SMILES string of the molecule is COc1cccc2c(C)cc(=O)n(CCCOc3cccc(C)c3)c12. The summed E-state index contributed by atoms with van der Waals surface area (Å²) in [5, 5.41) is 1.04. The molecule has 3 aromatic rings. The van der Waals surface area contributed by atoms with Gasteiger partial charge in [0.05, 0.1) is 19.2 Å². The molecule has 25 heavy (non-hydrogen) atoms. The van der Waals surface area contributed by atoms with Gasteiger partial charge in [0.1, 0.15) is 11.5 Å². The Morgan fingerprint density at radius 2 is 1.84 bits per heavy atom. The molecule has 0 atom stereocenters. The van der Waals surface area contributed by atoms with E-state index < -0.39 is 0 Å². The predicted molar refractivity (Wildman–Crippen MR) is 101 cm³/mol. The second kappa shape index (κ2) is 7.43. The molecule has 1 aromatic heterocycles. The number of para-hydroxylation sites is 1. The fourth-order valence-corrected chi connectivity index (χ4v) is 3.07. The molecule has 4 nitrogen and oxygen atoms in total. The van der Waals surface area contributed by atoms with Gasteiger partial charge in [-0.05, 0) is 49.6 Å². The van der Waals surface area contributed by atoms with Crippen molar-refractivity contribution in [3.05, 3.63) is 70.0 Å². The Labute approximate surface area is 147 Å². The summed E-state index contributed by atoms with van der Waals surface area (Å²) >= 11 is 0. The summed E-state index contributed by atoms with van der Waals surface area (Å²) in [6.45, 7) is 5.13. The maximum absolute atomic E-state index is 12.5. The third-order valence-electron chi connectivity index (χ3n) is 4.30. The zero-order valence-electron chi connectivity index (χ0n) is 14.9. The summed E-state index contributed by atoms with van der Waals surface area (Å²) in [6.07, 6.45) is 0.740. The van der Waals surface area contributed by atoms with E-state index >= 15 is 0 Å². The molecule has 0 saturated carbocycles. The molecule has 2 aromatic carbocycles. The molecule has 0 aliphatic heterocycles. The number of pyridine rings is 1. The highest BCUT2D eigenvalue weighted by Gasteiger charge is 2.11. The van der Waals surface area contributed by atoms with E-state index in [1.165, 1.54) is 5.56 Å². The summed E-state index contributed by atoms with van der Waals surface area (Å²) in [7, 11) is 1.63. The van der Waals surface area contributed by atoms with Gasteiger partial charge in [-0.25, -0.2) is 0 Å². The van der Waals surface area contributed by atoms with Gasteiger partial charge in [0, 0.05) is 18.0 Å². The average Bonchev–Trinajstić information content (AvgIpc) is 2.60. The standard InChI is InChI=1S/C21H23NO3/c1-15-7-4-8-17(13-15)25-12-6-11-22-20(23)14-16(2)18-9-5-10-19(24-3)21(18)22/h4-5,7-10,13-14H,6,11-12H2,1-3H3. The molecule has 0 bridgehead atoms. The van der Waals surface area contributed by atoms with E-state index in [-0.39, 0.29) is 5.56 Å². The van der Waals surface area contributed by atoms with E-state index in [1.807, 2.05) is 56.3 Å². The largest absolute Gasteiger partial charge is 0.495 e. The Hall–Kier alpha value is -2.75. The maximum atomic E-state index is 12.5.